The summed E-state index contributed by atoms with van der Waals surface area (Å²) in [5.74, 6) is 1.91. The highest BCUT2D eigenvalue weighted by molar-refractivity contribution is 5.86. The van der Waals surface area contributed by atoms with E-state index < -0.39 is 11.2 Å². The number of hydrogen-bond acceptors (Lipinski definition) is 9. The predicted octanol–water partition coefficient (Wildman–Crippen LogP) is 3.62. The van der Waals surface area contributed by atoms with Crippen molar-refractivity contribution in [2.24, 2.45) is 5.41 Å². The summed E-state index contributed by atoms with van der Waals surface area (Å²) in [5.41, 5.74) is 1.85. The lowest BCUT2D eigenvalue weighted by molar-refractivity contribution is -0.132. The highest BCUT2D eigenvalue weighted by Crippen LogP contribution is 2.37. The molecule has 5 rings (SSSR count). The van der Waals surface area contributed by atoms with E-state index in [-0.39, 0.29) is 24.7 Å². The van der Waals surface area contributed by atoms with Crippen LogP contribution in [0.15, 0.2) is 42.9 Å². The summed E-state index contributed by atoms with van der Waals surface area (Å²) in [6.07, 6.45) is 5.37. The zero-order valence-corrected chi connectivity index (χ0v) is 22.2. The number of halogens is 1. The van der Waals surface area contributed by atoms with Crippen molar-refractivity contribution in [2.75, 3.05) is 29.9 Å². The minimum Gasteiger partial charge on any atom is -0.395 e. The first-order valence-electron chi connectivity index (χ1n) is 12.9. The Balaban J connectivity index is 1.22. The smallest absolute Gasteiger partial charge is 0.227 e. The number of aromatic amines is 1. The number of carbonyl (C=O) groups excluding carboxylic acids is 1. The Morgan fingerprint density at radius 3 is 2.59 bits per heavy atom. The Kier molecular flexibility index (Phi) is 7.38. The maximum absolute atomic E-state index is 13.5. The van der Waals surface area contributed by atoms with E-state index in [1.807, 2.05) is 39.0 Å². The summed E-state index contributed by atoms with van der Waals surface area (Å²) in [4.78, 5) is 29.2. The molecule has 0 spiro atoms. The molecule has 0 aliphatic carbocycles. The lowest BCUT2D eigenvalue weighted by Gasteiger charge is -2.40. The van der Waals surface area contributed by atoms with Gasteiger partial charge >= 0.3 is 0 Å². The molecule has 5 heterocycles. The quantitative estimate of drug-likeness (QED) is 0.294. The molecule has 0 bridgehead atoms. The van der Waals surface area contributed by atoms with E-state index in [0.717, 1.165) is 23.1 Å². The summed E-state index contributed by atoms with van der Waals surface area (Å²) in [5, 5.41) is 24.6. The van der Waals surface area contributed by atoms with Crippen LogP contribution in [0.25, 0.3) is 5.82 Å². The number of hydrogen-bond donors (Lipinski definition) is 3. The monoisotopic (exact) mass is 533 g/mol. The lowest BCUT2D eigenvalue weighted by atomic mass is 9.72. The third-order valence-electron chi connectivity index (χ3n) is 7.32. The maximum atomic E-state index is 13.5. The van der Waals surface area contributed by atoms with Crippen LogP contribution in [0.4, 0.5) is 22.0 Å². The van der Waals surface area contributed by atoms with Gasteiger partial charge in [-0.15, -0.1) is 0 Å². The molecule has 0 radical (unpaired) electrons. The van der Waals surface area contributed by atoms with Crippen LogP contribution in [0.1, 0.15) is 49.1 Å². The Bertz CT molecular complexity index is 1440. The Morgan fingerprint density at radius 2 is 1.97 bits per heavy atom. The van der Waals surface area contributed by atoms with E-state index in [2.05, 4.69) is 40.5 Å². The summed E-state index contributed by atoms with van der Waals surface area (Å²) in [7, 11) is 0. The molecule has 204 valence electrons. The van der Waals surface area contributed by atoms with Gasteiger partial charge in [-0.1, -0.05) is 13.0 Å². The number of nitrogens with one attached hydrogen (secondary N) is 2. The predicted molar refractivity (Wildman–Crippen MR) is 144 cm³/mol. The van der Waals surface area contributed by atoms with E-state index in [4.69, 9.17) is 0 Å². The molecular formula is C27H32FN9O2. The van der Waals surface area contributed by atoms with Gasteiger partial charge in [0.25, 0.3) is 0 Å². The molecule has 0 unspecified atom stereocenters. The fraction of sp³-hybridized carbons (Fsp3) is 0.407. The molecule has 1 fully saturated rings. The first-order chi connectivity index (χ1) is 18.7. The van der Waals surface area contributed by atoms with Crippen LogP contribution >= 0.6 is 0 Å². The third kappa shape index (κ3) is 5.80. The van der Waals surface area contributed by atoms with Crippen molar-refractivity contribution in [2.45, 2.75) is 46.0 Å². The fourth-order valence-electron chi connectivity index (χ4n) is 4.89. The zero-order chi connectivity index (χ0) is 27.6. The summed E-state index contributed by atoms with van der Waals surface area (Å²) < 4.78 is 14.6. The molecule has 1 atom stereocenters. The molecule has 1 saturated heterocycles. The molecule has 0 saturated carbocycles. The van der Waals surface area contributed by atoms with Crippen molar-refractivity contribution >= 4 is 23.4 Å². The van der Waals surface area contributed by atoms with Gasteiger partial charge in [0, 0.05) is 49.2 Å². The average molecular weight is 534 g/mol. The van der Waals surface area contributed by atoms with Crippen LogP contribution < -0.4 is 10.2 Å². The number of rotatable bonds is 9. The molecular weight excluding hydrogens is 501 g/mol. The molecule has 3 N–H and O–H groups in total. The van der Waals surface area contributed by atoms with Crippen molar-refractivity contribution in [3.63, 3.8) is 0 Å². The van der Waals surface area contributed by atoms with Crippen LogP contribution in [0.2, 0.25) is 0 Å². The molecule has 1 aliphatic heterocycles. The minimum atomic E-state index is -0.803. The number of H-pyrrole nitrogens is 1. The number of nitrogens with zero attached hydrogens (tertiary/aromatic N) is 7. The van der Waals surface area contributed by atoms with Gasteiger partial charge in [0.2, 0.25) is 5.95 Å². The first kappa shape index (κ1) is 26.4. The highest BCUT2D eigenvalue weighted by Gasteiger charge is 2.41. The van der Waals surface area contributed by atoms with Crippen molar-refractivity contribution in [3.05, 3.63) is 65.6 Å². The van der Waals surface area contributed by atoms with Gasteiger partial charge in [-0.2, -0.15) is 15.2 Å². The fourth-order valence-corrected chi connectivity index (χ4v) is 4.89. The first-order valence-corrected chi connectivity index (χ1v) is 12.9. The second kappa shape index (κ2) is 10.9. The number of aliphatic hydroxyl groups excluding tert-OH is 1. The molecule has 12 heteroatoms. The Labute approximate surface area is 225 Å². The molecule has 39 heavy (non-hydrogen) atoms. The number of aryl methyl sites for hydroxylation is 2. The Hall–Kier alpha value is -4.19. The standard InChI is InChI=1S/C27H32FN9O2/c1-17(20-4-5-25(29-13-20)37-15-21(28)14-30-37)10-22(39)27(16-38)6-8-36(9-7-27)26-31-18(2)11-23(33-26)32-24-12-19(3)34-35-24/h4-5,11-15,17,38H,6-10,16H2,1-3H3,(H2,31,32,33,34,35)/t17-/m1/s1. The van der Waals surface area contributed by atoms with Crippen LogP contribution in [0.3, 0.4) is 0 Å². The lowest BCUT2D eigenvalue weighted by Crippen LogP contribution is -2.47. The number of aromatic nitrogens is 7. The summed E-state index contributed by atoms with van der Waals surface area (Å²) in [6.45, 7) is 6.72. The van der Waals surface area contributed by atoms with Gasteiger partial charge in [-0.3, -0.25) is 9.89 Å². The van der Waals surface area contributed by atoms with Crippen molar-refractivity contribution in [1.82, 2.24) is 34.9 Å². The average Bonchev–Trinajstić information content (AvgIpc) is 3.55. The molecule has 11 nitrogen and oxygen atoms in total. The molecule has 0 aromatic carbocycles. The van der Waals surface area contributed by atoms with E-state index in [0.29, 0.717) is 49.3 Å². The number of aliphatic hydroxyl groups is 1. The second-order valence-corrected chi connectivity index (χ2v) is 10.3. The van der Waals surface area contributed by atoms with Crippen LogP contribution in [0.5, 0.6) is 0 Å². The largest absolute Gasteiger partial charge is 0.395 e. The number of carbonyl (C=O) groups is 1. The van der Waals surface area contributed by atoms with Gasteiger partial charge in [-0.25, -0.2) is 19.0 Å². The molecule has 1 aliphatic rings. The second-order valence-electron chi connectivity index (χ2n) is 10.3. The van der Waals surface area contributed by atoms with Crippen LogP contribution in [0, 0.1) is 25.1 Å². The minimum absolute atomic E-state index is 0.0387. The SMILES string of the molecule is Cc1cc(Nc2cc(C)[nH]n2)nc(N2CCC(CO)(C(=O)C[C@@H](C)c3ccc(-n4cc(F)cn4)nc3)CC2)n1. The maximum Gasteiger partial charge on any atom is 0.227 e. The highest BCUT2D eigenvalue weighted by atomic mass is 19.1. The topological polar surface area (TPSA) is 138 Å². The van der Waals surface area contributed by atoms with Crippen LogP contribution in [-0.4, -0.2) is 65.5 Å². The molecule has 4 aromatic rings. The Morgan fingerprint density at radius 1 is 1.18 bits per heavy atom. The molecule has 0 amide bonds. The van der Waals surface area contributed by atoms with E-state index in [9.17, 15) is 14.3 Å². The summed E-state index contributed by atoms with van der Waals surface area (Å²) >= 11 is 0. The number of pyridine rings is 1. The van der Waals surface area contributed by atoms with E-state index in [1.54, 1.807) is 12.3 Å². The molecule has 4 aromatic heterocycles. The number of piperidine rings is 1. The van der Waals surface area contributed by atoms with E-state index in [1.165, 1.54) is 10.9 Å². The number of ketones is 1. The van der Waals surface area contributed by atoms with Gasteiger partial charge in [0.1, 0.15) is 11.6 Å². The van der Waals surface area contributed by atoms with Gasteiger partial charge in [0.05, 0.1) is 24.4 Å². The third-order valence-corrected chi connectivity index (χ3v) is 7.32. The summed E-state index contributed by atoms with van der Waals surface area (Å²) in [6, 6.07) is 7.38. The van der Waals surface area contributed by atoms with Gasteiger partial charge < -0.3 is 15.3 Å². The van der Waals surface area contributed by atoms with Crippen LogP contribution in [-0.2, 0) is 4.79 Å². The van der Waals surface area contributed by atoms with Crippen molar-refractivity contribution in [1.29, 1.82) is 0 Å². The van der Waals surface area contributed by atoms with Gasteiger partial charge in [-0.05, 0) is 44.2 Å². The van der Waals surface area contributed by atoms with E-state index >= 15 is 0 Å². The van der Waals surface area contributed by atoms with Gasteiger partial charge in [0.15, 0.2) is 17.5 Å². The van der Waals surface area contributed by atoms with Crippen molar-refractivity contribution in [3.8, 4) is 5.82 Å². The zero-order valence-electron chi connectivity index (χ0n) is 22.2. The number of Topliss-reactive ketones (excluding diaryl/α,β-unsaturated/α-hetero) is 1. The van der Waals surface area contributed by atoms with Crippen molar-refractivity contribution < 1.29 is 14.3 Å². The normalized spacial score (nSPS) is 15.8. The number of anilines is 3.